The van der Waals surface area contributed by atoms with Crippen molar-refractivity contribution in [3.63, 3.8) is 0 Å². The first-order chi connectivity index (χ1) is 5.37. The van der Waals surface area contributed by atoms with Gasteiger partial charge in [0.05, 0.1) is 6.26 Å². The van der Waals surface area contributed by atoms with Crippen molar-refractivity contribution in [1.29, 1.82) is 0 Å². The van der Waals surface area contributed by atoms with Gasteiger partial charge in [-0.1, -0.05) is 6.08 Å². The molecule has 0 bridgehead atoms. The van der Waals surface area contributed by atoms with Gasteiger partial charge in [0.1, 0.15) is 0 Å². The van der Waals surface area contributed by atoms with Crippen molar-refractivity contribution in [2.24, 2.45) is 0 Å². The molecular formula is C6H10O5S. The Morgan fingerprint density at radius 1 is 1.58 bits per heavy atom. The molecule has 1 unspecified atom stereocenters. The third-order valence-electron chi connectivity index (χ3n) is 0.889. The van der Waals surface area contributed by atoms with E-state index in [0.29, 0.717) is 0 Å². The van der Waals surface area contributed by atoms with Gasteiger partial charge in [-0.3, -0.25) is 4.18 Å². The van der Waals surface area contributed by atoms with Crippen LogP contribution < -0.4 is 0 Å². The molecule has 0 spiro atoms. The van der Waals surface area contributed by atoms with E-state index in [-0.39, 0.29) is 0 Å². The molecule has 5 nitrogen and oxygen atoms in total. The lowest BCUT2D eigenvalue weighted by atomic mass is 10.3. The van der Waals surface area contributed by atoms with Gasteiger partial charge < -0.3 is 5.11 Å². The first-order valence-electron chi connectivity index (χ1n) is 3.10. The Hall–Kier alpha value is -0.880. The molecule has 0 aromatic heterocycles. The fourth-order valence-electron chi connectivity index (χ4n) is 0.519. The molecule has 6 heteroatoms. The monoisotopic (exact) mass is 194 g/mol. The van der Waals surface area contributed by atoms with E-state index in [9.17, 15) is 13.2 Å². The van der Waals surface area contributed by atoms with Crippen LogP contribution in [0.3, 0.4) is 0 Å². The minimum Gasteiger partial charge on any atom is -0.479 e. The van der Waals surface area contributed by atoms with Gasteiger partial charge in [-0.25, -0.2) is 4.79 Å². The summed E-state index contributed by atoms with van der Waals surface area (Å²) in [4.78, 5) is 10.3. The summed E-state index contributed by atoms with van der Waals surface area (Å²) < 4.78 is 25.2. The zero-order valence-corrected chi connectivity index (χ0v) is 7.54. The number of carboxylic acids is 1. The average Bonchev–Trinajstić information content (AvgIpc) is 1.83. The van der Waals surface area contributed by atoms with E-state index in [1.165, 1.54) is 6.08 Å². The van der Waals surface area contributed by atoms with Gasteiger partial charge in [0.15, 0.2) is 6.10 Å². The highest BCUT2D eigenvalue weighted by atomic mass is 32.2. The molecule has 0 aromatic carbocycles. The van der Waals surface area contributed by atoms with Gasteiger partial charge in [0, 0.05) is 0 Å². The Morgan fingerprint density at radius 2 is 2.08 bits per heavy atom. The standard InChI is InChI=1S/C6H10O5S/c1-3-4-5(6(7)8)11-12(2,9)10/h3-5H,1-2H3,(H,7,8). The highest BCUT2D eigenvalue weighted by Crippen LogP contribution is 1.99. The molecule has 0 saturated carbocycles. The minimum absolute atomic E-state index is 0.798. The molecule has 0 heterocycles. The summed E-state index contributed by atoms with van der Waals surface area (Å²) in [7, 11) is -3.72. The topological polar surface area (TPSA) is 80.7 Å². The lowest BCUT2D eigenvalue weighted by molar-refractivity contribution is -0.142. The van der Waals surface area contributed by atoms with Crippen LogP contribution >= 0.6 is 0 Å². The van der Waals surface area contributed by atoms with Gasteiger partial charge >= 0.3 is 5.97 Å². The molecular weight excluding hydrogens is 184 g/mol. The summed E-state index contributed by atoms with van der Waals surface area (Å²) in [5.74, 6) is -1.33. The zero-order chi connectivity index (χ0) is 9.78. The molecule has 0 radical (unpaired) electrons. The number of aliphatic carboxylic acids is 1. The molecule has 12 heavy (non-hydrogen) atoms. The van der Waals surface area contributed by atoms with E-state index in [4.69, 9.17) is 5.11 Å². The van der Waals surface area contributed by atoms with E-state index >= 15 is 0 Å². The largest absolute Gasteiger partial charge is 0.479 e. The average molecular weight is 194 g/mol. The van der Waals surface area contributed by atoms with E-state index < -0.39 is 22.2 Å². The molecule has 0 fully saturated rings. The first-order valence-corrected chi connectivity index (χ1v) is 4.92. The maximum Gasteiger partial charge on any atom is 0.338 e. The summed E-state index contributed by atoms with van der Waals surface area (Å²) in [5.41, 5.74) is 0. The van der Waals surface area contributed by atoms with Gasteiger partial charge in [0.2, 0.25) is 0 Å². The van der Waals surface area contributed by atoms with E-state index in [2.05, 4.69) is 4.18 Å². The molecule has 0 rings (SSSR count). The normalized spacial score (nSPS) is 14.8. The second-order valence-corrected chi connectivity index (χ2v) is 3.69. The van der Waals surface area contributed by atoms with Crippen LogP contribution in [0.5, 0.6) is 0 Å². The third kappa shape index (κ3) is 4.86. The number of rotatable bonds is 4. The second-order valence-electron chi connectivity index (χ2n) is 2.08. The van der Waals surface area contributed by atoms with Crippen molar-refractivity contribution in [1.82, 2.24) is 0 Å². The molecule has 0 amide bonds. The third-order valence-corrected chi connectivity index (χ3v) is 1.45. The molecule has 0 aliphatic rings. The molecule has 70 valence electrons. The number of carbonyl (C=O) groups is 1. The van der Waals surface area contributed by atoms with Crippen LogP contribution in [0.25, 0.3) is 0 Å². The van der Waals surface area contributed by atoms with Crippen molar-refractivity contribution < 1.29 is 22.5 Å². The summed E-state index contributed by atoms with van der Waals surface area (Å²) in [6.45, 7) is 1.57. The Labute approximate surface area is 70.8 Å². The van der Waals surface area contributed by atoms with Crippen molar-refractivity contribution in [3.8, 4) is 0 Å². The van der Waals surface area contributed by atoms with E-state index in [1.807, 2.05) is 0 Å². The van der Waals surface area contributed by atoms with E-state index in [0.717, 1.165) is 12.3 Å². The van der Waals surface area contributed by atoms with Gasteiger partial charge in [0.25, 0.3) is 10.1 Å². The van der Waals surface area contributed by atoms with E-state index in [1.54, 1.807) is 6.92 Å². The Bertz CT molecular complexity index is 276. The highest BCUT2D eigenvalue weighted by Gasteiger charge is 2.19. The molecule has 1 N–H and O–H groups in total. The highest BCUT2D eigenvalue weighted by molar-refractivity contribution is 7.86. The quantitative estimate of drug-likeness (QED) is 0.503. The van der Waals surface area contributed by atoms with Crippen LogP contribution in [0.4, 0.5) is 0 Å². The minimum atomic E-state index is -3.72. The smallest absolute Gasteiger partial charge is 0.338 e. The first kappa shape index (κ1) is 11.1. The molecule has 1 atom stereocenters. The molecule has 0 aromatic rings. The molecule has 0 aliphatic carbocycles. The number of hydrogen-bond acceptors (Lipinski definition) is 4. The van der Waals surface area contributed by atoms with Crippen LogP contribution in [-0.4, -0.2) is 31.9 Å². The van der Waals surface area contributed by atoms with Crippen LogP contribution in [-0.2, 0) is 19.1 Å². The summed E-state index contributed by atoms with van der Waals surface area (Å²) in [6.07, 6.45) is 1.92. The van der Waals surface area contributed by atoms with Gasteiger partial charge in [-0.05, 0) is 13.0 Å². The number of carboxylic acid groups (broad SMARTS) is 1. The molecule has 0 saturated heterocycles. The predicted molar refractivity (Wildman–Crippen MR) is 42.2 cm³/mol. The van der Waals surface area contributed by atoms with Crippen LogP contribution in [0, 0.1) is 0 Å². The predicted octanol–water partition coefficient (Wildman–Crippen LogP) is -0.00810. The summed E-state index contributed by atoms with van der Waals surface area (Å²) in [6, 6.07) is 0. The summed E-state index contributed by atoms with van der Waals surface area (Å²) >= 11 is 0. The lowest BCUT2D eigenvalue weighted by Gasteiger charge is -2.05. The second kappa shape index (κ2) is 4.22. The maximum atomic E-state index is 10.5. The lowest BCUT2D eigenvalue weighted by Crippen LogP contribution is -2.24. The van der Waals surface area contributed by atoms with Gasteiger partial charge in [-0.15, -0.1) is 0 Å². The fourth-order valence-corrected chi connectivity index (χ4v) is 1.04. The summed E-state index contributed by atoms with van der Waals surface area (Å²) in [5, 5.41) is 8.43. The van der Waals surface area contributed by atoms with Crippen molar-refractivity contribution in [2.45, 2.75) is 13.0 Å². The molecule has 0 aliphatic heterocycles. The Kier molecular flexibility index (Phi) is 3.91. The SMILES string of the molecule is CC=CC(OS(C)(=O)=O)C(=O)O. The maximum absolute atomic E-state index is 10.5. The van der Waals surface area contributed by atoms with Crippen molar-refractivity contribution in [2.75, 3.05) is 6.26 Å². The Balaban J connectivity index is 4.46. The van der Waals surface area contributed by atoms with Crippen LogP contribution in [0.15, 0.2) is 12.2 Å². The zero-order valence-electron chi connectivity index (χ0n) is 6.72. The number of allylic oxidation sites excluding steroid dienone is 1. The van der Waals surface area contributed by atoms with Crippen LogP contribution in [0.2, 0.25) is 0 Å². The Morgan fingerprint density at radius 3 is 2.33 bits per heavy atom. The fraction of sp³-hybridized carbons (Fsp3) is 0.500. The van der Waals surface area contributed by atoms with Crippen molar-refractivity contribution in [3.05, 3.63) is 12.2 Å². The van der Waals surface area contributed by atoms with Gasteiger partial charge in [-0.2, -0.15) is 8.42 Å². The van der Waals surface area contributed by atoms with Crippen LogP contribution in [0.1, 0.15) is 6.92 Å². The van der Waals surface area contributed by atoms with Crippen molar-refractivity contribution >= 4 is 16.1 Å². The number of hydrogen-bond donors (Lipinski definition) is 1.